The van der Waals surface area contributed by atoms with E-state index < -0.39 is 5.60 Å². The molecule has 7 nitrogen and oxygen atoms in total. The van der Waals surface area contributed by atoms with Crippen LogP contribution in [0, 0.1) is 0 Å². The van der Waals surface area contributed by atoms with Crippen LogP contribution in [0.15, 0.2) is 23.0 Å². The number of nitrogens with one attached hydrogen (secondary N) is 1. The van der Waals surface area contributed by atoms with Crippen molar-refractivity contribution in [3.8, 4) is 0 Å². The van der Waals surface area contributed by atoms with E-state index in [0.29, 0.717) is 0 Å². The first-order valence-corrected chi connectivity index (χ1v) is 9.18. The number of aromatic amines is 1. The number of para-hydroxylation sites is 1. The van der Waals surface area contributed by atoms with Gasteiger partial charge in [-0.25, -0.2) is 9.59 Å². The number of hydrogen-bond acceptors (Lipinski definition) is 4. The SMILES string of the molecule is Cn1c(=O)[nH]c2cccc(N3C[C@H]4CC[C@@H](C3)N4C(=O)OC(C)(C)C)c21. The van der Waals surface area contributed by atoms with Crippen molar-refractivity contribution in [1.29, 1.82) is 0 Å². The van der Waals surface area contributed by atoms with Crippen LogP contribution in [0.25, 0.3) is 11.0 Å². The Bertz CT molecular complexity index is 894. The number of imidazole rings is 1. The van der Waals surface area contributed by atoms with Crippen molar-refractivity contribution < 1.29 is 9.53 Å². The highest BCUT2D eigenvalue weighted by Crippen LogP contribution is 2.35. The Morgan fingerprint density at radius 2 is 1.85 bits per heavy atom. The number of fused-ring (bicyclic) bond motifs is 3. The molecule has 26 heavy (non-hydrogen) atoms. The zero-order valence-corrected chi connectivity index (χ0v) is 15.8. The highest BCUT2D eigenvalue weighted by atomic mass is 16.6. The zero-order chi connectivity index (χ0) is 18.6. The molecule has 4 rings (SSSR count). The topological polar surface area (TPSA) is 70.6 Å². The van der Waals surface area contributed by atoms with Crippen molar-refractivity contribution in [1.82, 2.24) is 14.5 Å². The van der Waals surface area contributed by atoms with Gasteiger partial charge in [0, 0.05) is 20.1 Å². The van der Waals surface area contributed by atoms with Gasteiger partial charge in [0.15, 0.2) is 0 Å². The Morgan fingerprint density at radius 1 is 1.19 bits per heavy atom. The summed E-state index contributed by atoms with van der Waals surface area (Å²) in [6.07, 6.45) is 1.77. The molecule has 0 aliphatic carbocycles. The molecule has 1 amide bonds. The Labute approximate surface area is 152 Å². The molecule has 1 aromatic heterocycles. The average Bonchev–Trinajstić information content (AvgIpc) is 2.99. The first kappa shape index (κ1) is 17.0. The third kappa shape index (κ3) is 2.75. The lowest BCUT2D eigenvalue weighted by atomic mass is 10.1. The number of amides is 1. The number of carbonyl (C=O) groups is 1. The second-order valence-electron chi connectivity index (χ2n) is 8.34. The molecular weight excluding hydrogens is 332 g/mol. The maximum atomic E-state index is 12.6. The normalized spacial score (nSPS) is 22.9. The molecule has 0 radical (unpaired) electrons. The molecule has 1 N–H and O–H groups in total. The molecule has 3 heterocycles. The van der Waals surface area contributed by atoms with Crippen molar-refractivity contribution in [2.24, 2.45) is 7.05 Å². The smallest absolute Gasteiger partial charge is 0.410 e. The number of benzene rings is 1. The van der Waals surface area contributed by atoms with E-state index in [-0.39, 0.29) is 23.9 Å². The van der Waals surface area contributed by atoms with E-state index in [1.807, 2.05) is 37.8 Å². The maximum absolute atomic E-state index is 12.6. The fourth-order valence-electron chi connectivity index (χ4n) is 4.25. The van der Waals surface area contributed by atoms with Gasteiger partial charge in [0.05, 0.1) is 28.8 Å². The van der Waals surface area contributed by atoms with Crippen LogP contribution in [0.5, 0.6) is 0 Å². The number of H-pyrrole nitrogens is 1. The number of aromatic nitrogens is 2. The molecule has 2 aliphatic heterocycles. The zero-order valence-electron chi connectivity index (χ0n) is 15.8. The highest BCUT2D eigenvalue weighted by molar-refractivity contribution is 5.89. The van der Waals surface area contributed by atoms with Gasteiger partial charge in [0.25, 0.3) is 0 Å². The molecule has 0 spiro atoms. The Kier molecular flexibility index (Phi) is 3.78. The van der Waals surface area contributed by atoms with E-state index in [4.69, 9.17) is 4.74 Å². The monoisotopic (exact) mass is 358 g/mol. The molecule has 2 aromatic rings. The lowest BCUT2D eigenvalue weighted by Gasteiger charge is -2.42. The molecular formula is C19H26N4O3. The predicted octanol–water partition coefficient (Wildman–Crippen LogP) is 2.45. The van der Waals surface area contributed by atoms with Gasteiger partial charge in [0.1, 0.15) is 5.60 Å². The average molecular weight is 358 g/mol. The van der Waals surface area contributed by atoms with E-state index in [0.717, 1.165) is 42.7 Å². The van der Waals surface area contributed by atoms with Gasteiger partial charge in [-0.2, -0.15) is 0 Å². The summed E-state index contributed by atoms with van der Waals surface area (Å²) in [5.74, 6) is 0. The number of aryl methyl sites for hydroxylation is 1. The Morgan fingerprint density at radius 3 is 2.46 bits per heavy atom. The standard InChI is InChI=1S/C19H26N4O3/c1-19(2,3)26-18(25)23-12-8-9-13(23)11-22(10-12)15-7-5-6-14-16(15)21(4)17(24)20-14/h5-7,12-13H,8-11H2,1-4H3,(H,20,24)/t12-,13+. The molecule has 1 aromatic carbocycles. The predicted molar refractivity (Wildman–Crippen MR) is 101 cm³/mol. The summed E-state index contributed by atoms with van der Waals surface area (Å²) in [4.78, 5) is 31.8. The Balaban J connectivity index is 1.62. The largest absolute Gasteiger partial charge is 0.444 e. The van der Waals surface area contributed by atoms with Crippen LogP contribution in [-0.2, 0) is 11.8 Å². The molecule has 0 saturated carbocycles. The van der Waals surface area contributed by atoms with Gasteiger partial charge in [-0.15, -0.1) is 0 Å². The second-order valence-corrected chi connectivity index (χ2v) is 8.34. The van der Waals surface area contributed by atoms with Crippen LogP contribution in [0.3, 0.4) is 0 Å². The van der Waals surface area contributed by atoms with Crippen molar-refractivity contribution in [3.05, 3.63) is 28.7 Å². The van der Waals surface area contributed by atoms with E-state index in [1.165, 1.54) is 0 Å². The van der Waals surface area contributed by atoms with Crippen molar-refractivity contribution in [2.45, 2.75) is 51.3 Å². The third-order valence-corrected chi connectivity index (χ3v) is 5.32. The summed E-state index contributed by atoms with van der Waals surface area (Å²) in [5.41, 5.74) is 2.22. The second kappa shape index (κ2) is 5.79. The van der Waals surface area contributed by atoms with E-state index in [9.17, 15) is 9.59 Å². The number of anilines is 1. The summed E-state index contributed by atoms with van der Waals surface area (Å²) in [7, 11) is 1.79. The van der Waals surface area contributed by atoms with Crippen molar-refractivity contribution >= 4 is 22.8 Å². The lowest BCUT2D eigenvalue weighted by Crippen LogP contribution is -2.56. The fourth-order valence-corrected chi connectivity index (χ4v) is 4.25. The minimum Gasteiger partial charge on any atom is -0.444 e. The number of ether oxygens (including phenoxy) is 1. The molecule has 2 bridgehead atoms. The highest BCUT2D eigenvalue weighted by Gasteiger charge is 2.44. The summed E-state index contributed by atoms with van der Waals surface area (Å²) in [6.45, 7) is 7.21. The maximum Gasteiger partial charge on any atom is 0.410 e. The Hall–Kier alpha value is -2.44. The summed E-state index contributed by atoms with van der Waals surface area (Å²) < 4.78 is 7.27. The van der Waals surface area contributed by atoms with Crippen molar-refractivity contribution in [3.63, 3.8) is 0 Å². The molecule has 2 aliphatic rings. The summed E-state index contributed by atoms with van der Waals surface area (Å²) in [5, 5.41) is 0. The van der Waals surface area contributed by atoms with Gasteiger partial charge in [0.2, 0.25) is 0 Å². The van der Waals surface area contributed by atoms with Crippen LogP contribution >= 0.6 is 0 Å². The number of hydrogen-bond donors (Lipinski definition) is 1. The van der Waals surface area contributed by atoms with Gasteiger partial charge in [-0.05, 0) is 45.7 Å². The van der Waals surface area contributed by atoms with Crippen LogP contribution in [0.2, 0.25) is 0 Å². The van der Waals surface area contributed by atoms with Crippen LogP contribution < -0.4 is 10.6 Å². The molecule has 2 fully saturated rings. The molecule has 140 valence electrons. The van der Waals surface area contributed by atoms with Crippen LogP contribution in [0.4, 0.5) is 10.5 Å². The molecule has 0 unspecified atom stereocenters. The summed E-state index contributed by atoms with van der Waals surface area (Å²) in [6, 6.07) is 6.24. The van der Waals surface area contributed by atoms with Gasteiger partial charge in [-0.1, -0.05) is 6.07 Å². The quantitative estimate of drug-likeness (QED) is 0.850. The van der Waals surface area contributed by atoms with E-state index >= 15 is 0 Å². The van der Waals surface area contributed by atoms with Crippen LogP contribution in [0.1, 0.15) is 33.6 Å². The molecule has 2 atom stereocenters. The van der Waals surface area contributed by atoms with Crippen LogP contribution in [-0.4, -0.2) is 51.3 Å². The lowest BCUT2D eigenvalue weighted by molar-refractivity contribution is 0.0123. The summed E-state index contributed by atoms with van der Waals surface area (Å²) >= 11 is 0. The minimum absolute atomic E-state index is 0.109. The van der Waals surface area contributed by atoms with Gasteiger partial charge < -0.3 is 14.6 Å². The number of piperazine rings is 1. The number of nitrogens with zero attached hydrogens (tertiary/aromatic N) is 3. The fraction of sp³-hybridized carbons (Fsp3) is 0.579. The number of rotatable bonds is 1. The van der Waals surface area contributed by atoms with Gasteiger partial charge >= 0.3 is 11.8 Å². The number of carbonyl (C=O) groups excluding carboxylic acids is 1. The first-order valence-electron chi connectivity index (χ1n) is 9.18. The van der Waals surface area contributed by atoms with E-state index in [2.05, 4.69) is 16.0 Å². The van der Waals surface area contributed by atoms with Crippen molar-refractivity contribution in [2.75, 3.05) is 18.0 Å². The molecule has 2 saturated heterocycles. The van der Waals surface area contributed by atoms with E-state index in [1.54, 1.807) is 11.6 Å². The minimum atomic E-state index is -0.483. The first-order chi connectivity index (χ1) is 12.2. The van der Waals surface area contributed by atoms with Gasteiger partial charge in [-0.3, -0.25) is 9.47 Å². The third-order valence-electron chi connectivity index (χ3n) is 5.32. The molecule has 7 heteroatoms.